The van der Waals surface area contributed by atoms with Crippen LogP contribution in [0.25, 0.3) is 0 Å². The van der Waals surface area contributed by atoms with Crippen LogP contribution < -0.4 is 9.64 Å². The van der Waals surface area contributed by atoms with Gasteiger partial charge in [-0.1, -0.05) is 0 Å². The van der Waals surface area contributed by atoms with E-state index in [-0.39, 0.29) is 12.0 Å². The molecule has 0 radical (unpaired) electrons. The van der Waals surface area contributed by atoms with E-state index in [4.69, 9.17) is 9.15 Å². The van der Waals surface area contributed by atoms with Crippen molar-refractivity contribution in [1.29, 1.82) is 0 Å². The van der Waals surface area contributed by atoms with E-state index in [9.17, 15) is 4.79 Å². The lowest BCUT2D eigenvalue weighted by Crippen LogP contribution is -2.31. The van der Waals surface area contributed by atoms with E-state index < -0.39 is 0 Å². The maximum atomic E-state index is 12.3. The lowest BCUT2D eigenvalue weighted by Gasteiger charge is -2.27. The number of nitrogens with zero attached hydrogens (tertiary/aromatic N) is 4. The monoisotopic (exact) mass is 342 g/mol. The van der Waals surface area contributed by atoms with Crippen molar-refractivity contribution in [2.24, 2.45) is 0 Å². The molecule has 1 atom stereocenters. The lowest BCUT2D eigenvalue weighted by molar-refractivity contribution is 0.0740. The normalized spacial score (nSPS) is 20.7. The first kappa shape index (κ1) is 15.9. The summed E-state index contributed by atoms with van der Waals surface area (Å²) in [5.74, 6) is 1.78. The van der Waals surface area contributed by atoms with Gasteiger partial charge in [0.2, 0.25) is 5.88 Å². The highest BCUT2D eigenvalue weighted by Crippen LogP contribution is 2.23. The molecule has 0 aromatic carbocycles. The number of ether oxygens (including phenoxy) is 1. The Balaban J connectivity index is 1.37. The van der Waals surface area contributed by atoms with Crippen molar-refractivity contribution in [3.8, 4) is 5.88 Å². The van der Waals surface area contributed by atoms with Crippen LogP contribution in [0, 0.1) is 0 Å². The zero-order chi connectivity index (χ0) is 17.1. The van der Waals surface area contributed by atoms with Crippen molar-refractivity contribution in [3.63, 3.8) is 0 Å². The number of carbonyl (C=O) groups is 1. The summed E-state index contributed by atoms with van der Waals surface area (Å²) in [7, 11) is 0. The molecule has 25 heavy (non-hydrogen) atoms. The average molecular weight is 342 g/mol. The number of piperidine rings is 1. The second-order valence-corrected chi connectivity index (χ2v) is 6.52. The van der Waals surface area contributed by atoms with Gasteiger partial charge in [-0.05, 0) is 31.4 Å². The first-order valence-electron chi connectivity index (χ1n) is 8.86. The molecular weight excluding hydrogens is 320 g/mol. The van der Waals surface area contributed by atoms with Gasteiger partial charge in [-0.3, -0.25) is 4.79 Å². The Labute approximate surface area is 146 Å². The SMILES string of the molecule is O=C(c1ccco1)N1CC[C@H](Oc2cc(N3CCCCC3)ncn2)C1. The Hall–Kier alpha value is -2.57. The van der Waals surface area contributed by atoms with Crippen LogP contribution in [-0.4, -0.2) is 53.1 Å². The summed E-state index contributed by atoms with van der Waals surface area (Å²) >= 11 is 0. The Morgan fingerprint density at radius 2 is 2.08 bits per heavy atom. The van der Waals surface area contributed by atoms with Gasteiger partial charge >= 0.3 is 0 Å². The predicted octanol–water partition coefficient (Wildman–Crippen LogP) is 2.35. The van der Waals surface area contributed by atoms with E-state index in [0.717, 1.165) is 25.3 Å². The molecule has 2 aliphatic rings. The van der Waals surface area contributed by atoms with Crippen LogP contribution in [0.15, 0.2) is 35.2 Å². The number of carbonyl (C=O) groups excluding carboxylic acids is 1. The molecule has 0 unspecified atom stereocenters. The molecule has 132 valence electrons. The van der Waals surface area contributed by atoms with Gasteiger partial charge < -0.3 is 19.0 Å². The van der Waals surface area contributed by atoms with E-state index in [1.165, 1.54) is 25.5 Å². The molecule has 2 fully saturated rings. The maximum Gasteiger partial charge on any atom is 0.289 e. The van der Waals surface area contributed by atoms with Gasteiger partial charge in [0.25, 0.3) is 5.91 Å². The summed E-state index contributed by atoms with van der Waals surface area (Å²) in [5.41, 5.74) is 0. The molecule has 2 aromatic heterocycles. The molecule has 7 heteroatoms. The molecule has 7 nitrogen and oxygen atoms in total. The summed E-state index contributed by atoms with van der Waals surface area (Å²) in [4.78, 5) is 25.0. The number of rotatable bonds is 4. The fourth-order valence-electron chi connectivity index (χ4n) is 3.43. The second kappa shape index (κ2) is 7.13. The zero-order valence-corrected chi connectivity index (χ0v) is 14.1. The van der Waals surface area contributed by atoms with Crippen LogP contribution in [-0.2, 0) is 0 Å². The number of furan rings is 1. The number of amides is 1. The first-order chi connectivity index (χ1) is 12.3. The van der Waals surface area contributed by atoms with E-state index in [2.05, 4.69) is 14.9 Å². The number of aromatic nitrogens is 2. The number of anilines is 1. The highest BCUT2D eigenvalue weighted by atomic mass is 16.5. The first-order valence-corrected chi connectivity index (χ1v) is 8.86. The molecule has 2 saturated heterocycles. The molecule has 2 aliphatic heterocycles. The van der Waals surface area contributed by atoms with Crippen molar-refractivity contribution in [2.75, 3.05) is 31.1 Å². The Morgan fingerprint density at radius 3 is 2.88 bits per heavy atom. The quantitative estimate of drug-likeness (QED) is 0.849. The van der Waals surface area contributed by atoms with E-state index in [1.807, 2.05) is 6.07 Å². The third kappa shape index (κ3) is 3.60. The largest absolute Gasteiger partial charge is 0.472 e. The molecule has 4 rings (SSSR count). The third-order valence-electron chi connectivity index (χ3n) is 4.76. The predicted molar refractivity (Wildman–Crippen MR) is 91.7 cm³/mol. The van der Waals surface area contributed by atoms with Gasteiger partial charge in [-0.25, -0.2) is 9.97 Å². The summed E-state index contributed by atoms with van der Waals surface area (Å²) in [5, 5.41) is 0. The van der Waals surface area contributed by atoms with Gasteiger partial charge in [0.05, 0.1) is 12.8 Å². The molecular formula is C18H22N4O3. The van der Waals surface area contributed by atoms with Gasteiger partial charge in [0.15, 0.2) is 5.76 Å². The van der Waals surface area contributed by atoms with Crippen molar-refractivity contribution in [1.82, 2.24) is 14.9 Å². The topological polar surface area (TPSA) is 71.7 Å². The highest BCUT2D eigenvalue weighted by molar-refractivity contribution is 5.91. The number of hydrogen-bond donors (Lipinski definition) is 0. The smallest absolute Gasteiger partial charge is 0.289 e. The van der Waals surface area contributed by atoms with Crippen LogP contribution in [0.3, 0.4) is 0 Å². The molecule has 0 spiro atoms. The number of likely N-dealkylation sites (tertiary alicyclic amines) is 1. The number of hydrogen-bond acceptors (Lipinski definition) is 6. The zero-order valence-electron chi connectivity index (χ0n) is 14.1. The van der Waals surface area contributed by atoms with Crippen molar-refractivity contribution < 1.29 is 13.9 Å². The van der Waals surface area contributed by atoms with Gasteiger partial charge in [-0.15, -0.1) is 0 Å². The highest BCUT2D eigenvalue weighted by Gasteiger charge is 2.29. The van der Waals surface area contributed by atoms with E-state index >= 15 is 0 Å². The molecule has 2 aromatic rings. The van der Waals surface area contributed by atoms with Crippen LogP contribution >= 0.6 is 0 Å². The molecule has 0 saturated carbocycles. The minimum Gasteiger partial charge on any atom is -0.472 e. The minimum absolute atomic E-state index is 0.0528. The van der Waals surface area contributed by atoms with Crippen LogP contribution in [0.5, 0.6) is 5.88 Å². The summed E-state index contributed by atoms with van der Waals surface area (Å²) in [6.45, 7) is 3.27. The summed E-state index contributed by atoms with van der Waals surface area (Å²) in [6, 6.07) is 5.31. The third-order valence-corrected chi connectivity index (χ3v) is 4.76. The Bertz CT molecular complexity index is 713. The van der Waals surface area contributed by atoms with E-state index in [0.29, 0.717) is 24.7 Å². The van der Waals surface area contributed by atoms with Crippen LogP contribution in [0.4, 0.5) is 5.82 Å². The Morgan fingerprint density at radius 1 is 1.20 bits per heavy atom. The lowest BCUT2D eigenvalue weighted by atomic mass is 10.1. The molecule has 4 heterocycles. The molecule has 0 bridgehead atoms. The maximum absolute atomic E-state index is 12.3. The minimum atomic E-state index is -0.0900. The van der Waals surface area contributed by atoms with Gasteiger partial charge in [-0.2, -0.15) is 0 Å². The molecule has 0 aliphatic carbocycles. The van der Waals surface area contributed by atoms with Crippen molar-refractivity contribution >= 4 is 11.7 Å². The molecule has 0 N–H and O–H groups in total. The fraction of sp³-hybridized carbons (Fsp3) is 0.500. The standard InChI is InChI=1S/C18H22N4O3/c23-18(15-5-4-10-24-15)22-9-6-14(12-22)25-17-11-16(19-13-20-17)21-7-2-1-3-8-21/h4-5,10-11,13-14H,1-3,6-9,12H2/t14-/m0/s1. The second-order valence-electron chi connectivity index (χ2n) is 6.52. The Kier molecular flexibility index (Phi) is 4.54. The molecule has 1 amide bonds. The average Bonchev–Trinajstić information content (AvgIpc) is 3.34. The van der Waals surface area contributed by atoms with Crippen LogP contribution in [0.2, 0.25) is 0 Å². The van der Waals surface area contributed by atoms with Crippen molar-refractivity contribution in [2.45, 2.75) is 31.8 Å². The summed E-state index contributed by atoms with van der Waals surface area (Å²) in [6.07, 6.45) is 7.49. The fourth-order valence-corrected chi connectivity index (χ4v) is 3.43. The van der Waals surface area contributed by atoms with Gasteiger partial charge in [0.1, 0.15) is 18.2 Å². The van der Waals surface area contributed by atoms with Crippen LogP contribution in [0.1, 0.15) is 36.2 Å². The summed E-state index contributed by atoms with van der Waals surface area (Å²) < 4.78 is 11.2. The van der Waals surface area contributed by atoms with Gasteiger partial charge in [0, 0.05) is 32.1 Å². The van der Waals surface area contributed by atoms with E-state index in [1.54, 1.807) is 23.4 Å². The van der Waals surface area contributed by atoms with Crippen molar-refractivity contribution in [3.05, 3.63) is 36.5 Å².